The van der Waals surface area contributed by atoms with Gasteiger partial charge in [-0.1, -0.05) is 72.1 Å². The van der Waals surface area contributed by atoms with Gasteiger partial charge in [0, 0.05) is 33.0 Å². The highest BCUT2D eigenvalue weighted by molar-refractivity contribution is 6.30. The van der Waals surface area contributed by atoms with Crippen LogP contribution >= 0.6 is 23.2 Å². The molecule has 0 aliphatic heterocycles. The Hall–Kier alpha value is -3.21. The number of nitrogen functional groups attached to an aromatic ring is 2. The van der Waals surface area contributed by atoms with Crippen LogP contribution in [0.3, 0.4) is 0 Å². The molecular weight excluding hydrogens is 463 g/mol. The second-order valence-corrected chi connectivity index (χ2v) is 9.21. The molecule has 1 aromatic heterocycles. The number of rotatable bonds is 9. The highest BCUT2D eigenvalue weighted by Gasteiger charge is 2.21. The molecule has 0 saturated heterocycles. The highest BCUT2D eigenvalue weighted by atomic mass is 35.5. The Morgan fingerprint density at radius 3 is 2.12 bits per heavy atom. The molecule has 3 aromatic carbocycles. The van der Waals surface area contributed by atoms with Crippen molar-refractivity contribution < 1.29 is 0 Å². The number of nitrogens with two attached hydrogens (primary N) is 2. The van der Waals surface area contributed by atoms with Crippen molar-refractivity contribution in [1.82, 2.24) is 4.98 Å². The van der Waals surface area contributed by atoms with Gasteiger partial charge in [-0.15, -0.1) is 0 Å². The van der Waals surface area contributed by atoms with E-state index >= 15 is 0 Å². The summed E-state index contributed by atoms with van der Waals surface area (Å²) >= 11 is 12.1. The lowest BCUT2D eigenvalue weighted by atomic mass is 9.94. The number of halogens is 2. The summed E-state index contributed by atoms with van der Waals surface area (Å²) in [5.74, 6) is 0.409. The second-order valence-electron chi connectivity index (χ2n) is 8.34. The molecular formula is C28H28Cl2N4. The van der Waals surface area contributed by atoms with Crippen molar-refractivity contribution in [2.24, 2.45) is 0 Å². The fourth-order valence-corrected chi connectivity index (χ4v) is 4.38. The van der Waals surface area contributed by atoms with Crippen LogP contribution in [0.25, 0.3) is 11.1 Å². The summed E-state index contributed by atoms with van der Waals surface area (Å²) in [6, 6.07) is 27.5. The zero-order chi connectivity index (χ0) is 23.9. The molecule has 0 aliphatic rings. The Morgan fingerprint density at radius 2 is 1.44 bits per heavy atom. The minimum Gasteiger partial charge on any atom is -0.398 e. The SMILES string of the molecule is Nc1cc(N)c(-c2ccc(Cl)cc2)c(C(CCCCc2ccc(Cl)cc2)Nc2ccccc2)n1. The average molecular weight is 491 g/mol. The van der Waals surface area contributed by atoms with E-state index in [0.29, 0.717) is 16.5 Å². The summed E-state index contributed by atoms with van der Waals surface area (Å²) in [4.78, 5) is 4.76. The Balaban J connectivity index is 1.61. The van der Waals surface area contributed by atoms with Crippen LogP contribution in [0.5, 0.6) is 0 Å². The van der Waals surface area contributed by atoms with Gasteiger partial charge in [0.15, 0.2) is 0 Å². The molecule has 0 amide bonds. The van der Waals surface area contributed by atoms with E-state index in [2.05, 4.69) is 29.6 Å². The maximum absolute atomic E-state index is 6.47. The van der Waals surface area contributed by atoms with Gasteiger partial charge < -0.3 is 16.8 Å². The minimum atomic E-state index is -0.0657. The normalized spacial score (nSPS) is 11.8. The molecule has 0 bridgehead atoms. The largest absolute Gasteiger partial charge is 0.398 e. The molecule has 6 heteroatoms. The number of hydrogen-bond donors (Lipinski definition) is 3. The molecule has 1 heterocycles. The van der Waals surface area contributed by atoms with E-state index in [9.17, 15) is 0 Å². The molecule has 4 rings (SSSR count). The second kappa shape index (κ2) is 11.3. The maximum Gasteiger partial charge on any atom is 0.125 e. The number of pyridine rings is 1. The lowest BCUT2D eigenvalue weighted by Gasteiger charge is -2.24. The molecule has 0 spiro atoms. The molecule has 0 radical (unpaired) electrons. The molecule has 5 N–H and O–H groups in total. The van der Waals surface area contributed by atoms with Crippen LogP contribution in [0.15, 0.2) is 84.9 Å². The van der Waals surface area contributed by atoms with E-state index in [-0.39, 0.29) is 6.04 Å². The molecule has 174 valence electrons. The van der Waals surface area contributed by atoms with Crippen molar-refractivity contribution in [3.8, 4) is 11.1 Å². The van der Waals surface area contributed by atoms with Crippen LogP contribution in [0.2, 0.25) is 10.0 Å². The number of anilines is 3. The van der Waals surface area contributed by atoms with Crippen molar-refractivity contribution in [1.29, 1.82) is 0 Å². The maximum atomic E-state index is 6.47. The fourth-order valence-electron chi connectivity index (χ4n) is 4.13. The Bertz CT molecular complexity index is 1210. The third kappa shape index (κ3) is 6.22. The monoisotopic (exact) mass is 490 g/mol. The van der Waals surface area contributed by atoms with Gasteiger partial charge in [-0.2, -0.15) is 0 Å². The van der Waals surface area contributed by atoms with Crippen LogP contribution < -0.4 is 16.8 Å². The predicted molar refractivity (Wildman–Crippen MR) is 145 cm³/mol. The topological polar surface area (TPSA) is 77.0 Å². The Labute approximate surface area is 210 Å². The molecule has 34 heavy (non-hydrogen) atoms. The van der Waals surface area contributed by atoms with Gasteiger partial charge in [-0.25, -0.2) is 4.98 Å². The van der Waals surface area contributed by atoms with Gasteiger partial charge in [-0.05, 0) is 66.8 Å². The first-order valence-electron chi connectivity index (χ1n) is 11.4. The number of benzene rings is 3. The zero-order valence-corrected chi connectivity index (χ0v) is 20.4. The lowest BCUT2D eigenvalue weighted by Crippen LogP contribution is -2.16. The summed E-state index contributed by atoms with van der Waals surface area (Å²) < 4.78 is 0. The van der Waals surface area contributed by atoms with Crippen molar-refractivity contribution >= 4 is 40.4 Å². The van der Waals surface area contributed by atoms with Crippen molar-refractivity contribution in [2.45, 2.75) is 31.7 Å². The van der Waals surface area contributed by atoms with E-state index in [4.69, 9.17) is 39.7 Å². The standard InChI is InChI=1S/C28H28Cl2N4/c29-21-14-10-19(11-15-21)6-4-5-9-25(33-23-7-2-1-3-8-23)28-27(24(31)18-26(32)34-28)20-12-16-22(30)17-13-20/h1-3,7-8,10-18,25,33H,4-6,9H2,(H4,31,32,34). The number of unbranched alkanes of at least 4 members (excludes halogenated alkanes) is 1. The van der Waals surface area contributed by atoms with Crippen LogP contribution in [-0.4, -0.2) is 4.98 Å². The molecule has 0 saturated carbocycles. The van der Waals surface area contributed by atoms with Crippen LogP contribution in [0.4, 0.5) is 17.2 Å². The molecule has 4 aromatic rings. The molecule has 4 nitrogen and oxygen atoms in total. The highest BCUT2D eigenvalue weighted by Crippen LogP contribution is 2.37. The first-order chi connectivity index (χ1) is 16.5. The first kappa shape index (κ1) is 23.9. The first-order valence-corrected chi connectivity index (χ1v) is 12.1. The average Bonchev–Trinajstić information content (AvgIpc) is 2.83. The summed E-state index contributed by atoms with van der Waals surface area (Å²) in [6.07, 6.45) is 3.91. The summed E-state index contributed by atoms with van der Waals surface area (Å²) in [7, 11) is 0. The van der Waals surface area contributed by atoms with Gasteiger partial charge in [-0.3, -0.25) is 0 Å². The van der Waals surface area contributed by atoms with E-state index < -0.39 is 0 Å². The number of aromatic nitrogens is 1. The number of nitrogens with one attached hydrogen (secondary N) is 1. The molecule has 1 atom stereocenters. The summed E-state index contributed by atoms with van der Waals surface area (Å²) in [6.45, 7) is 0. The van der Waals surface area contributed by atoms with Crippen molar-refractivity contribution in [3.63, 3.8) is 0 Å². The third-order valence-corrected chi connectivity index (χ3v) is 6.30. The molecule has 0 fully saturated rings. The van der Waals surface area contributed by atoms with E-state index in [1.54, 1.807) is 6.07 Å². The zero-order valence-electron chi connectivity index (χ0n) is 18.8. The lowest BCUT2D eigenvalue weighted by molar-refractivity contribution is 0.604. The third-order valence-electron chi connectivity index (χ3n) is 5.80. The molecule has 1 unspecified atom stereocenters. The van der Waals surface area contributed by atoms with Crippen LogP contribution in [0, 0.1) is 0 Å². The summed E-state index contributed by atoms with van der Waals surface area (Å²) in [5, 5.41) is 5.09. The van der Waals surface area contributed by atoms with Crippen molar-refractivity contribution in [2.75, 3.05) is 16.8 Å². The fraction of sp³-hybridized carbons (Fsp3) is 0.179. The van der Waals surface area contributed by atoms with Gasteiger partial charge in [0.05, 0.1) is 11.7 Å². The Morgan fingerprint density at radius 1 is 0.794 bits per heavy atom. The van der Waals surface area contributed by atoms with Gasteiger partial charge >= 0.3 is 0 Å². The summed E-state index contributed by atoms with van der Waals surface area (Å²) in [5.41, 5.74) is 18.2. The van der Waals surface area contributed by atoms with E-state index in [1.807, 2.05) is 54.6 Å². The number of para-hydroxylation sites is 1. The minimum absolute atomic E-state index is 0.0657. The van der Waals surface area contributed by atoms with Crippen molar-refractivity contribution in [3.05, 3.63) is 106 Å². The number of nitrogens with zero attached hydrogens (tertiary/aromatic N) is 1. The molecule has 0 aliphatic carbocycles. The van der Waals surface area contributed by atoms with E-state index in [0.717, 1.165) is 53.2 Å². The van der Waals surface area contributed by atoms with Crippen LogP contribution in [0.1, 0.15) is 36.6 Å². The van der Waals surface area contributed by atoms with Gasteiger partial charge in [0.2, 0.25) is 0 Å². The quantitative estimate of drug-likeness (QED) is 0.209. The smallest absolute Gasteiger partial charge is 0.125 e. The van der Waals surface area contributed by atoms with E-state index in [1.165, 1.54) is 5.56 Å². The van der Waals surface area contributed by atoms with Gasteiger partial charge in [0.1, 0.15) is 5.82 Å². The van der Waals surface area contributed by atoms with Crippen LogP contribution in [-0.2, 0) is 6.42 Å². The Kier molecular flexibility index (Phi) is 7.94. The van der Waals surface area contributed by atoms with Gasteiger partial charge in [0.25, 0.3) is 0 Å². The number of aryl methyl sites for hydroxylation is 1. The predicted octanol–water partition coefficient (Wildman–Crippen LogP) is 7.79. The number of hydrogen-bond acceptors (Lipinski definition) is 4.